The van der Waals surface area contributed by atoms with E-state index in [1.807, 2.05) is 54.9 Å². The van der Waals surface area contributed by atoms with Gasteiger partial charge in [-0.05, 0) is 38.1 Å². The van der Waals surface area contributed by atoms with E-state index in [9.17, 15) is 0 Å². The Morgan fingerprint density at radius 1 is 1.14 bits per heavy atom. The first-order chi connectivity index (χ1) is 16.9. The van der Waals surface area contributed by atoms with E-state index in [0.29, 0.717) is 29.2 Å². The Bertz CT molecular complexity index is 1540. The molecule has 3 fully saturated rings. The predicted octanol–water partition coefficient (Wildman–Crippen LogP) is 3.07. The summed E-state index contributed by atoms with van der Waals surface area (Å²) in [6, 6.07) is 11.5. The zero-order valence-corrected chi connectivity index (χ0v) is 19.1. The van der Waals surface area contributed by atoms with Crippen molar-refractivity contribution in [3.05, 3.63) is 54.6 Å². The molecule has 5 atom stereocenters. The molecule has 10 heteroatoms. The lowest BCUT2D eigenvalue weighted by Gasteiger charge is -2.25. The maximum Gasteiger partial charge on any atom is 0.165 e. The van der Waals surface area contributed by atoms with Gasteiger partial charge < -0.3 is 29.2 Å². The Morgan fingerprint density at radius 3 is 2.89 bits per heavy atom. The third-order valence-electron chi connectivity index (χ3n) is 7.00. The van der Waals surface area contributed by atoms with Gasteiger partial charge in [0.05, 0.1) is 16.5 Å². The lowest BCUT2D eigenvalue weighted by molar-refractivity contribution is -0.204. The predicted molar refractivity (Wildman–Crippen MR) is 124 cm³/mol. The summed E-state index contributed by atoms with van der Waals surface area (Å²) in [5.74, 6) is 0.353. The molecule has 0 radical (unpaired) electrons. The van der Waals surface area contributed by atoms with Gasteiger partial charge >= 0.3 is 0 Å². The van der Waals surface area contributed by atoms with Crippen molar-refractivity contribution in [3.63, 3.8) is 0 Å². The minimum atomic E-state index is -0.750. The van der Waals surface area contributed by atoms with Crippen LogP contribution in [0.15, 0.2) is 49.1 Å². The minimum absolute atomic E-state index is 0.213. The molecule has 1 aromatic carbocycles. The van der Waals surface area contributed by atoms with Gasteiger partial charge in [0.25, 0.3) is 0 Å². The van der Waals surface area contributed by atoms with Crippen molar-refractivity contribution in [1.82, 2.24) is 19.5 Å². The van der Waals surface area contributed by atoms with Crippen LogP contribution in [0.5, 0.6) is 5.75 Å². The second-order valence-electron chi connectivity index (χ2n) is 9.70. The first-order valence-electron chi connectivity index (χ1n) is 11.4. The summed E-state index contributed by atoms with van der Waals surface area (Å²) in [4.78, 5) is 12.9. The van der Waals surface area contributed by atoms with Crippen molar-refractivity contribution in [2.45, 2.75) is 56.2 Å². The molecule has 2 N–H and O–H groups in total. The summed E-state index contributed by atoms with van der Waals surface area (Å²) in [6.07, 6.45) is 4.26. The highest BCUT2D eigenvalue weighted by Crippen LogP contribution is 2.60. The molecule has 10 nitrogen and oxygen atoms in total. The van der Waals surface area contributed by atoms with Crippen molar-refractivity contribution in [1.29, 1.82) is 5.26 Å². The standard InChI is InChI=1S/C25H22N6O4/c1-24(2)33-19-20(34-24)25(35-23(19)31-6-5-16-21(27)29-12-30-22(16)31)9-18(25)32-15-4-3-14-7-13(10-26)11-28-17(14)8-15/h3-8,11-12,18-20,23H,9H2,1-2H3,(H2,27,29,30)/t18-,19-,20+,23-,25?/m1/s1. The number of hydrogen-bond donors (Lipinski definition) is 1. The molecule has 5 heterocycles. The molecule has 176 valence electrons. The molecule has 0 bridgehead atoms. The highest BCUT2D eigenvalue weighted by atomic mass is 16.8. The second-order valence-corrected chi connectivity index (χ2v) is 9.70. The minimum Gasteiger partial charge on any atom is -0.487 e. The van der Waals surface area contributed by atoms with E-state index in [0.717, 1.165) is 16.3 Å². The number of benzene rings is 1. The summed E-state index contributed by atoms with van der Waals surface area (Å²) in [5.41, 5.74) is 7.36. The summed E-state index contributed by atoms with van der Waals surface area (Å²) in [5, 5.41) is 10.8. The molecule has 3 aromatic heterocycles. The van der Waals surface area contributed by atoms with Crippen LogP contribution in [0, 0.1) is 11.3 Å². The van der Waals surface area contributed by atoms with Gasteiger partial charge in [0.1, 0.15) is 53.5 Å². The summed E-state index contributed by atoms with van der Waals surface area (Å²) in [6.45, 7) is 3.82. The number of anilines is 1. The van der Waals surface area contributed by atoms with Crippen LogP contribution < -0.4 is 10.5 Å². The molecule has 7 rings (SSSR count). The van der Waals surface area contributed by atoms with Crippen LogP contribution in [0.2, 0.25) is 0 Å². The molecule has 1 unspecified atom stereocenters. The largest absolute Gasteiger partial charge is 0.487 e. The fraction of sp³-hybridized carbons (Fsp3) is 0.360. The highest BCUT2D eigenvalue weighted by molar-refractivity contribution is 5.86. The maximum atomic E-state index is 9.10. The summed E-state index contributed by atoms with van der Waals surface area (Å²) in [7, 11) is 0. The molecular weight excluding hydrogens is 448 g/mol. The van der Waals surface area contributed by atoms with Crippen LogP contribution >= 0.6 is 0 Å². The van der Waals surface area contributed by atoms with Crippen LogP contribution in [0.25, 0.3) is 21.9 Å². The maximum absolute atomic E-state index is 9.10. The van der Waals surface area contributed by atoms with E-state index in [1.165, 1.54) is 6.33 Å². The van der Waals surface area contributed by atoms with E-state index in [2.05, 4.69) is 21.0 Å². The normalized spacial score (nSPS) is 30.5. The van der Waals surface area contributed by atoms with Gasteiger partial charge in [-0.3, -0.25) is 4.98 Å². The molecule has 1 aliphatic carbocycles. The lowest BCUT2D eigenvalue weighted by Crippen LogP contribution is -2.35. The number of ether oxygens (including phenoxy) is 4. The average molecular weight is 470 g/mol. The van der Waals surface area contributed by atoms with E-state index in [4.69, 9.17) is 29.9 Å². The summed E-state index contributed by atoms with van der Waals surface area (Å²) >= 11 is 0. The number of nitrogen functional groups attached to an aromatic ring is 1. The van der Waals surface area contributed by atoms with Gasteiger partial charge in [-0.25, -0.2) is 9.97 Å². The van der Waals surface area contributed by atoms with Crippen molar-refractivity contribution in [2.24, 2.45) is 0 Å². The van der Waals surface area contributed by atoms with Crippen LogP contribution in [-0.4, -0.2) is 49.2 Å². The molecule has 0 amide bonds. The molecule has 2 saturated heterocycles. The van der Waals surface area contributed by atoms with Gasteiger partial charge in [0, 0.05) is 30.3 Å². The van der Waals surface area contributed by atoms with Crippen LogP contribution in [0.4, 0.5) is 5.82 Å². The first-order valence-corrected chi connectivity index (χ1v) is 11.4. The third kappa shape index (κ3) is 3.02. The Morgan fingerprint density at radius 2 is 2.03 bits per heavy atom. The van der Waals surface area contributed by atoms with Crippen molar-refractivity contribution >= 4 is 27.8 Å². The number of nitrogens with zero attached hydrogens (tertiary/aromatic N) is 5. The van der Waals surface area contributed by atoms with E-state index < -0.39 is 17.6 Å². The number of aromatic nitrogens is 4. The van der Waals surface area contributed by atoms with Crippen molar-refractivity contribution in [3.8, 4) is 11.8 Å². The van der Waals surface area contributed by atoms with Gasteiger partial charge in [0.15, 0.2) is 12.0 Å². The number of rotatable bonds is 3. The van der Waals surface area contributed by atoms with E-state index in [-0.39, 0.29) is 18.3 Å². The number of hydrogen-bond acceptors (Lipinski definition) is 9. The van der Waals surface area contributed by atoms with Crippen molar-refractivity contribution in [2.75, 3.05) is 5.73 Å². The Kier molecular flexibility index (Phi) is 4.05. The molecule has 3 aliphatic rings. The zero-order chi connectivity index (χ0) is 23.9. The molecular formula is C25H22N6O4. The molecule has 1 spiro atoms. The van der Waals surface area contributed by atoms with Gasteiger partial charge in [-0.2, -0.15) is 5.26 Å². The SMILES string of the molecule is CC1(C)O[C@H]2[C@H](n3ccc4c(N)ncnc43)OC3(C[C@H]3Oc3ccc4cc(C#N)cnc4c3)[C@H]2O1. The number of fused-ring (bicyclic) bond motifs is 4. The Balaban J connectivity index is 1.20. The Labute approximate surface area is 200 Å². The fourth-order valence-corrected chi connectivity index (χ4v) is 5.34. The lowest BCUT2D eigenvalue weighted by atomic mass is 10.1. The number of nitrogens with two attached hydrogens (primary N) is 1. The Hall–Kier alpha value is -3.78. The number of nitriles is 1. The molecule has 4 aromatic rings. The topological polar surface area (TPSA) is 130 Å². The third-order valence-corrected chi connectivity index (χ3v) is 7.00. The molecule has 1 saturated carbocycles. The van der Waals surface area contributed by atoms with Crippen LogP contribution in [-0.2, 0) is 14.2 Å². The van der Waals surface area contributed by atoms with E-state index >= 15 is 0 Å². The number of pyridine rings is 1. The zero-order valence-electron chi connectivity index (χ0n) is 19.1. The average Bonchev–Trinajstić information content (AvgIpc) is 3.08. The fourth-order valence-electron chi connectivity index (χ4n) is 5.34. The van der Waals surface area contributed by atoms with E-state index in [1.54, 1.807) is 6.20 Å². The smallest absolute Gasteiger partial charge is 0.165 e. The second kappa shape index (κ2) is 6.88. The highest BCUT2D eigenvalue weighted by Gasteiger charge is 2.75. The monoisotopic (exact) mass is 470 g/mol. The van der Waals surface area contributed by atoms with Gasteiger partial charge in [-0.1, -0.05) is 0 Å². The molecule has 2 aliphatic heterocycles. The van der Waals surface area contributed by atoms with Crippen LogP contribution in [0.1, 0.15) is 32.1 Å². The molecule has 35 heavy (non-hydrogen) atoms. The first kappa shape index (κ1) is 20.6. The van der Waals surface area contributed by atoms with Gasteiger partial charge in [0.2, 0.25) is 0 Å². The van der Waals surface area contributed by atoms with Gasteiger partial charge in [-0.15, -0.1) is 0 Å². The quantitative estimate of drug-likeness (QED) is 0.480. The summed E-state index contributed by atoms with van der Waals surface area (Å²) < 4.78 is 27.6. The van der Waals surface area contributed by atoms with Crippen LogP contribution in [0.3, 0.4) is 0 Å². The van der Waals surface area contributed by atoms with Crippen molar-refractivity contribution < 1.29 is 18.9 Å².